The lowest BCUT2D eigenvalue weighted by molar-refractivity contribution is 0.578. The van der Waals surface area contributed by atoms with Gasteiger partial charge in [0.1, 0.15) is 10.7 Å². The predicted molar refractivity (Wildman–Crippen MR) is 69.3 cm³/mol. The Morgan fingerprint density at radius 1 is 1.53 bits per heavy atom. The summed E-state index contributed by atoms with van der Waals surface area (Å²) < 4.78 is 26.4. The molecule has 0 radical (unpaired) electrons. The van der Waals surface area contributed by atoms with E-state index in [1.807, 2.05) is 11.8 Å². The molecule has 7 heteroatoms. The van der Waals surface area contributed by atoms with E-state index in [4.69, 9.17) is 5.73 Å². The van der Waals surface area contributed by atoms with E-state index < -0.39 is 10.0 Å². The van der Waals surface area contributed by atoms with Gasteiger partial charge in [-0.2, -0.15) is 11.8 Å². The SMILES string of the molecule is Nc1ccc(S(=O)(=O)NCC2CCCS2)cn1. The van der Waals surface area contributed by atoms with Crippen LogP contribution in [-0.4, -0.2) is 30.9 Å². The van der Waals surface area contributed by atoms with Crippen molar-refractivity contribution in [2.24, 2.45) is 0 Å². The fourth-order valence-electron chi connectivity index (χ4n) is 1.64. The number of pyridine rings is 1. The summed E-state index contributed by atoms with van der Waals surface area (Å²) in [7, 11) is -3.45. The maximum absolute atomic E-state index is 11.9. The third kappa shape index (κ3) is 3.34. The van der Waals surface area contributed by atoms with Crippen LogP contribution in [0.25, 0.3) is 0 Å². The van der Waals surface area contributed by atoms with E-state index in [-0.39, 0.29) is 4.90 Å². The molecule has 5 nitrogen and oxygen atoms in total. The summed E-state index contributed by atoms with van der Waals surface area (Å²) in [4.78, 5) is 3.94. The van der Waals surface area contributed by atoms with Gasteiger partial charge in [-0.25, -0.2) is 18.1 Å². The molecule has 1 aliphatic heterocycles. The summed E-state index contributed by atoms with van der Waals surface area (Å²) in [6, 6.07) is 2.95. The number of thioether (sulfide) groups is 1. The molecule has 2 rings (SSSR count). The molecular formula is C10H15N3O2S2. The maximum atomic E-state index is 11.9. The first-order valence-electron chi connectivity index (χ1n) is 5.41. The van der Waals surface area contributed by atoms with Crippen LogP contribution in [-0.2, 0) is 10.0 Å². The molecular weight excluding hydrogens is 258 g/mol. The lowest BCUT2D eigenvalue weighted by Crippen LogP contribution is -2.29. The second-order valence-corrected chi connectivity index (χ2v) is 7.08. The highest BCUT2D eigenvalue weighted by molar-refractivity contribution is 8.00. The second-order valence-electron chi connectivity index (χ2n) is 3.91. The fraction of sp³-hybridized carbons (Fsp3) is 0.500. The van der Waals surface area contributed by atoms with Crippen molar-refractivity contribution in [2.45, 2.75) is 23.0 Å². The second kappa shape index (κ2) is 5.24. The summed E-state index contributed by atoms with van der Waals surface area (Å²) in [6.45, 7) is 0.484. The Bertz CT molecular complexity index is 467. The molecule has 2 heterocycles. The average molecular weight is 273 g/mol. The molecule has 94 valence electrons. The minimum atomic E-state index is -3.45. The summed E-state index contributed by atoms with van der Waals surface area (Å²) in [5.74, 6) is 1.44. The largest absolute Gasteiger partial charge is 0.384 e. The molecule has 1 aliphatic rings. The molecule has 1 saturated heterocycles. The Hall–Kier alpha value is -0.790. The van der Waals surface area contributed by atoms with Crippen LogP contribution in [0.1, 0.15) is 12.8 Å². The van der Waals surface area contributed by atoms with Crippen LogP contribution in [0.3, 0.4) is 0 Å². The molecule has 1 unspecified atom stereocenters. The molecule has 0 bridgehead atoms. The van der Waals surface area contributed by atoms with Crippen molar-refractivity contribution in [2.75, 3.05) is 18.0 Å². The highest BCUT2D eigenvalue weighted by atomic mass is 32.2. The van der Waals surface area contributed by atoms with Crippen LogP contribution in [0.2, 0.25) is 0 Å². The standard InChI is InChI=1S/C10H15N3O2S2/c11-10-4-3-9(7-12-10)17(14,15)13-6-8-2-1-5-16-8/h3-4,7-8,13H,1-2,5-6H2,(H2,11,12). The molecule has 0 amide bonds. The number of anilines is 1. The van der Waals surface area contributed by atoms with Gasteiger partial charge >= 0.3 is 0 Å². The van der Waals surface area contributed by atoms with Gasteiger partial charge in [0, 0.05) is 18.0 Å². The van der Waals surface area contributed by atoms with E-state index in [1.54, 1.807) is 0 Å². The lowest BCUT2D eigenvalue weighted by atomic mass is 10.2. The third-order valence-corrected chi connectivity index (χ3v) is 5.40. The van der Waals surface area contributed by atoms with Crippen molar-refractivity contribution in [1.29, 1.82) is 0 Å². The monoisotopic (exact) mass is 273 g/mol. The van der Waals surface area contributed by atoms with Gasteiger partial charge in [-0.15, -0.1) is 0 Å². The quantitative estimate of drug-likeness (QED) is 0.849. The Morgan fingerprint density at radius 2 is 2.35 bits per heavy atom. The van der Waals surface area contributed by atoms with Crippen LogP contribution in [0, 0.1) is 0 Å². The van der Waals surface area contributed by atoms with E-state index in [2.05, 4.69) is 9.71 Å². The maximum Gasteiger partial charge on any atom is 0.242 e. The molecule has 1 fully saturated rings. The zero-order chi connectivity index (χ0) is 12.3. The molecule has 17 heavy (non-hydrogen) atoms. The molecule has 0 saturated carbocycles. The van der Waals surface area contributed by atoms with Crippen molar-refractivity contribution in [3.05, 3.63) is 18.3 Å². The van der Waals surface area contributed by atoms with Gasteiger partial charge in [-0.1, -0.05) is 0 Å². The highest BCUT2D eigenvalue weighted by Crippen LogP contribution is 2.25. The van der Waals surface area contributed by atoms with Crippen LogP contribution < -0.4 is 10.5 Å². The Morgan fingerprint density at radius 3 is 2.94 bits per heavy atom. The molecule has 1 aromatic heterocycles. The van der Waals surface area contributed by atoms with Crippen LogP contribution in [0.5, 0.6) is 0 Å². The van der Waals surface area contributed by atoms with Crippen molar-refractivity contribution in [3.63, 3.8) is 0 Å². The normalized spacial score (nSPS) is 20.6. The first-order chi connectivity index (χ1) is 8.08. The number of nitrogens with one attached hydrogen (secondary N) is 1. The van der Waals surface area contributed by atoms with Gasteiger partial charge in [0.25, 0.3) is 0 Å². The fourth-order valence-corrected chi connectivity index (χ4v) is 3.97. The van der Waals surface area contributed by atoms with Crippen LogP contribution >= 0.6 is 11.8 Å². The van der Waals surface area contributed by atoms with Gasteiger partial charge in [-0.3, -0.25) is 0 Å². The summed E-state index contributed by atoms with van der Waals surface area (Å²) >= 11 is 1.82. The van der Waals surface area contributed by atoms with E-state index >= 15 is 0 Å². The molecule has 3 N–H and O–H groups in total. The smallest absolute Gasteiger partial charge is 0.242 e. The van der Waals surface area contributed by atoms with Crippen molar-refractivity contribution < 1.29 is 8.42 Å². The number of nitrogens with two attached hydrogens (primary N) is 1. The number of rotatable bonds is 4. The van der Waals surface area contributed by atoms with Crippen molar-refractivity contribution in [3.8, 4) is 0 Å². The molecule has 0 aromatic carbocycles. The van der Waals surface area contributed by atoms with Crippen LogP contribution in [0.4, 0.5) is 5.82 Å². The first-order valence-corrected chi connectivity index (χ1v) is 7.94. The van der Waals surface area contributed by atoms with Gasteiger partial charge in [-0.05, 0) is 30.7 Å². The Kier molecular flexibility index (Phi) is 3.90. The van der Waals surface area contributed by atoms with E-state index in [9.17, 15) is 8.42 Å². The van der Waals surface area contributed by atoms with Gasteiger partial charge in [0.05, 0.1) is 0 Å². The molecule has 0 aliphatic carbocycles. The zero-order valence-electron chi connectivity index (χ0n) is 9.30. The van der Waals surface area contributed by atoms with Gasteiger partial charge < -0.3 is 5.73 Å². The van der Waals surface area contributed by atoms with Gasteiger partial charge in [0.15, 0.2) is 0 Å². The zero-order valence-corrected chi connectivity index (χ0v) is 10.9. The molecule has 0 spiro atoms. The summed E-state index contributed by atoms with van der Waals surface area (Å²) in [5.41, 5.74) is 5.41. The Labute approximate surface area is 105 Å². The van der Waals surface area contributed by atoms with E-state index in [0.717, 1.165) is 12.2 Å². The Balaban J connectivity index is 2.00. The van der Waals surface area contributed by atoms with Crippen LogP contribution in [0.15, 0.2) is 23.2 Å². The van der Waals surface area contributed by atoms with E-state index in [0.29, 0.717) is 17.6 Å². The van der Waals surface area contributed by atoms with Crippen molar-refractivity contribution in [1.82, 2.24) is 9.71 Å². The first kappa shape index (κ1) is 12.7. The average Bonchev–Trinajstić information content (AvgIpc) is 2.80. The van der Waals surface area contributed by atoms with E-state index in [1.165, 1.54) is 24.8 Å². The number of aromatic nitrogens is 1. The number of nitrogens with zero attached hydrogens (tertiary/aromatic N) is 1. The highest BCUT2D eigenvalue weighted by Gasteiger charge is 2.20. The molecule has 1 atom stereocenters. The minimum Gasteiger partial charge on any atom is -0.384 e. The summed E-state index contributed by atoms with van der Waals surface area (Å²) in [6.07, 6.45) is 3.52. The number of nitrogen functional groups attached to an aromatic ring is 1. The minimum absolute atomic E-state index is 0.162. The summed E-state index contributed by atoms with van der Waals surface area (Å²) in [5, 5.41) is 0.395. The third-order valence-electron chi connectivity index (χ3n) is 2.59. The number of hydrogen-bond acceptors (Lipinski definition) is 5. The number of sulfonamides is 1. The molecule has 1 aromatic rings. The van der Waals surface area contributed by atoms with Gasteiger partial charge in [0.2, 0.25) is 10.0 Å². The number of hydrogen-bond donors (Lipinski definition) is 2. The van der Waals surface area contributed by atoms with Crippen molar-refractivity contribution >= 4 is 27.6 Å². The lowest BCUT2D eigenvalue weighted by Gasteiger charge is -2.10. The topological polar surface area (TPSA) is 85.1 Å². The predicted octanol–water partition coefficient (Wildman–Crippen LogP) is 0.838.